The molecule has 1 atom stereocenters. The van der Waals surface area contributed by atoms with E-state index in [1.165, 1.54) is 17.0 Å². The van der Waals surface area contributed by atoms with Crippen molar-refractivity contribution in [2.45, 2.75) is 31.5 Å². The Morgan fingerprint density at radius 3 is 2.67 bits per heavy atom. The van der Waals surface area contributed by atoms with Gasteiger partial charge in [0.25, 0.3) is 0 Å². The number of halogens is 3. The summed E-state index contributed by atoms with van der Waals surface area (Å²) in [6.45, 7) is 0.443. The molecule has 4 rings (SSSR count). The Hall–Kier alpha value is -3.36. The van der Waals surface area contributed by atoms with Crippen molar-refractivity contribution < 1.29 is 22.5 Å². The van der Waals surface area contributed by atoms with E-state index < -0.39 is 23.8 Å². The van der Waals surface area contributed by atoms with Gasteiger partial charge in [-0.3, -0.25) is 0 Å². The number of anilines is 1. The maximum atomic E-state index is 12.9. The van der Waals surface area contributed by atoms with Gasteiger partial charge >= 0.3 is 12.2 Å². The predicted molar refractivity (Wildman–Crippen MR) is 103 cm³/mol. The van der Waals surface area contributed by atoms with Crippen molar-refractivity contribution in [1.82, 2.24) is 15.0 Å². The van der Waals surface area contributed by atoms with Crippen LogP contribution in [0.25, 0.3) is 11.4 Å². The van der Waals surface area contributed by atoms with E-state index in [9.17, 15) is 18.0 Å². The highest BCUT2D eigenvalue weighted by Gasteiger charge is 2.33. The lowest BCUT2D eigenvalue weighted by molar-refractivity contribution is -0.137. The monoisotopic (exact) mass is 416 g/mol. The van der Waals surface area contributed by atoms with E-state index in [4.69, 9.17) is 4.52 Å². The fourth-order valence-corrected chi connectivity index (χ4v) is 3.47. The van der Waals surface area contributed by atoms with Crippen molar-refractivity contribution in [3.05, 3.63) is 66.1 Å². The molecule has 156 valence electrons. The van der Waals surface area contributed by atoms with Gasteiger partial charge in [0.1, 0.15) is 6.04 Å². The van der Waals surface area contributed by atoms with Gasteiger partial charge in [-0.05, 0) is 37.5 Å². The summed E-state index contributed by atoms with van der Waals surface area (Å²) in [5.74, 6) is 0.738. The number of alkyl halides is 3. The number of carbonyl (C=O) groups is 1. The minimum Gasteiger partial charge on any atom is -0.337 e. The molecule has 1 aromatic heterocycles. The SMILES string of the molecule is O=C(Nc1cccc(C(F)(F)F)c1)N1CCCCC1c1nc(-c2ccccc2)no1. The Kier molecular flexibility index (Phi) is 5.43. The van der Waals surface area contributed by atoms with Gasteiger partial charge in [-0.2, -0.15) is 18.2 Å². The maximum absolute atomic E-state index is 12.9. The molecule has 3 aromatic rings. The first-order valence-electron chi connectivity index (χ1n) is 9.56. The second-order valence-electron chi connectivity index (χ2n) is 7.04. The van der Waals surface area contributed by atoms with E-state index in [2.05, 4.69) is 15.5 Å². The van der Waals surface area contributed by atoms with Crippen LogP contribution in [0.1, 0.15) is 36.8 Å². The third-order valence-corrected chi connectivity index (χ3v) is 4.96. The molecule has 6 nitrogen and oxygen atoms in total. The van der Waals surface area contributed by atoms with Crippen LogP contribution in [-0.2, 0) is 6.18 Å². The topological polar surface area (TPSA) is 71.3 Å². The number of nitrogens with zero attached hydrogens (tertiary/aromatic N) is 3. The summed E-state index contributed by atoms with van der Waals surface area (Å²) in [6, 6.07) is 12.9. The molecule has 2 heterocycles. The van der Waals surface area contributed by atoms with Crippen LogP contribution in [-0.4, -0.2) is 27.6 Å². The Morgan fingerprint density at radius 1 is 1.10 bits per heavy atom. The molecule has 1 fully saturated rings. The lowest BCUT2D eigenvalue weighted by Crippen LogP contribution is -2.41. The van der Waals surface area contributed by atoms with Crippen LogP contribution < -0.4 is 5.32 Å². The molecule has 2 aromatic carbocycles. The van der Waals surface area contributed by atoms with Crippen LogP contribution in [0, 0.1) is 0 Å². The van der Waals surface area contributed by atoms with E-state index in [-0.39, 0.29) is 5.69 Å². The third kappa shape index (κ3) is 4.29. The quantitative estimate of drug-likeness (QED) is 0.611. The lowest BCUT2D eigenvalue weighted by Gasteiger charge is -2.33. The van der Waals surface area contributed by atoms with Crippen LogP contribution in [0.15, 0.2) is 59.1 Å². The normalized spacial score (nSPS) is 17.0. The Balaban J connectivity index is 1.53. The number of amides is 2. The molecule has 2 amide bonds. The van der Waals surface area contributed by atoms with Gasteiger partial charge in [-0.1, -0.05) is 41.6 Å². The van der Waals surface area contributed by atoms with Gasteiger partial charge in [0.15, 0.2) is 0 Å². The number of likely N-dealkylation sites (tertiary alicyclic amines) is 1. The van der Waals surface area contributed by atoms with Gasteiger partial charge in [0.2, 0.25) is 11.7 Å². The molecule has 0 bridgehead atoms. The summed E-state index contributed by atoms with van der Waals surface area (Å²) in [7, 11) is 0. The molecule has 9 heteroatoms. The van der Waals surface area contributed by atoms with Crippen molar-refractivity contribution in [1.29, 1.82) is 0 Å². The first-order chi connectivity index (χ1) is 14.4. The van der Waals surface area contributed by atoms with Gasteiger partial charge in [0, 0.05) is 17.8 Å². The van der Waals surface area contributed by atoms with Crippen LogP contribution in [0.5, 0.6) is 0 Å². The second-order valence-corrected chi connectivity index (χ2v) is 7.04. The molecule has 0 saturated carbocycles. The van der Waals surface area contributed by atoms with E-state index in [1.807, 2.05) is 30.3 Å². The molecule has 1 aliphatic rings. The van der Waals surface area contributed by atoms with Crippen LogP contribution in [0.2, 0.25) is 0 Å². The average Bonchev–Trinajstić information content (AvgIpc) is 3.24. The van der Waals surface area contributed by atoms with Crippen LogP contribution in [0.3, 0.4) is 0 Å². The number of hydrogen-bond donors (Lipinski definition) is 1. The molecule has 0 aliphatic carbocycles. The predicted octanol–water partition coefficient (Wildman–Crippen LogP) is 5.51. The number of rotatable bonds is 3. The number of urea groups is 1. The third-order valence-electron chi connectivity index (χ3n) is 4.96. The number of carbonyl (C=O) groups excluding carboxylic acids is 1. The molecule has 0 radical (unpaired) electrons. The molecule has 30 heavy (non-hydrogen) atoms. The summed E-state index contributed by atoms with van der Waals surface area (Å²) in [5.41, 5.74) is 0.0535. The first-order valence-corrected chi connectivity index (χ1v) is 9.56. The number of nitrogens with one attached hydrogen (secondary N) is 1. The smallest absolute Gasteiger partial charge is 0.337 e. The molecule has 1 saturated heterocycles. The van der Waals surface area contributed by atoms with Gasteiger partial charge < -0.3 is 14.7 Å². The van der Waals surface area contributed by atoms with Gasteiger partial charge in [-0.15, -0.1) is 0 Å². The van der Waals surface area contributed by atoms with E-state index in [1.54, 1.807) is 0 Å². The minimum absolute atomic E-state index is 0.0784. The summed E-state index contributed by atoms with van der Waals surface area (Å²) < 4.78 is 44.2. The highest BCUT2D eigenvalue weighted by molar-refractivity contribution is 5.89. The minimum atomic E-state index is -4.48. The van der Waals surface area contributed by atoms with Crippen molar-refractivity contribution in [3.8, 4) is 11.4 Å². The summed E-state index contributed by atoms with van der Waals surface area (Å²) in [4.78, 5) is 18.8. The Labute approximate surface area is 170 Å². The summed E-state index contributed by atoms with van der Waals surface area (Å²) in [6.07, 6.45) is -2.19. The number of piperidine rings is 1. The molecular weight excluding hydrogens is 397 g/mol. The first kappa shape index (κ1) is 19.9. The number of aromatic nitrogens is 2. The van der Waals surface area contributed by atoms with Gasteiger partial charge in [0.05, 0.1) is 5.56 Å². The van der Waals surface area contributed by atoms with E-state index in [0.29, 0.717) is 24.7 Å². The molecule has 0 spiro atoms. The van der Waals surface area contributed by atoms with E-state index >= 15 is 0 Å². The van der Waals surface area contributed by atoms with Crippen molar-refractivity contribution in [2.75, 3.05) is 11.9 Å². The van der Waals surface area contributed by atoms with Crippen molar-refractivity contribution in [2.24, 2.45) is 0 Å². The fraction of sp³-hybridized carbons (Fsp3) is 0.286. The summed E-state index contributed by atoms with van der Waals surface area (Å²) in [5, 5.41) is 6.57. The highest BCUT2D eigenvalue weighted by atomic mass is 19.4. The van der Waals surface area contributed by atoms with Crippen LogP contribution >= 0.6 is 0 Å². The standard InChI is InChI=1S/C21H19F3N4O2/c22-21(23,24)15-9-6-10-16(13-15)25-20(29)28-12-5-4-11-17(28)19-26-18(27-30-19)14-7-2-1-3-8-14/h1-3,6-10,13,17H,4-5,11-12H2,(H,25,29). The number of hydrogen-bond acceptors (Lipinski definition) is 4. The molecule has 1 unspecified atom stereocenters. The Morgan fingerprint density at radius 2 is 1.90 bits per heavy atom. The maximum Gasteiger partial charge on any atom is 0.416 e. The zero-order valence-electron chi connectivity index (χ0n) is 15.9. The van der Waals surface area contributed by atoms with Crippen molar-refractivity contribution in [3.63, 3.8) is 0 Å². The largest absolute Gasteiger partial charge is 0.416 e. The Bertz CT molecular complexity index is 1020. The fourth-order valence-electron chi connectivity index (χ4n) is 3.47. The second kappa shape index (κ2) is 8.17. The molecule has 1 N–H and O–H groups in total. The molecular formula is C21H19F3N4O2. The zero-order valence-corrected chi connectivity index (χ0v) is 15.9. The van der Waals surface area contributed by atoms with E-state index in [0.717, 1.165) is 30.5 Å². The lowest BCUT2D eigenvalue weighted by atomic mass is 10.0. The van der Waals surface area contributed by atoms with Crippen LogP contribution in [0.4, 0.5) is 23.7 Å². The average molecular weight is 416 g/mol. The zero-order chi connectivity index (χ0) is 21.1. The van der Waals surface area contributed by atoms with Gasteiger partial charge in [-0.25, -0.2) is 4.79 Å². The van der Waals surface area contributed by atoms with Crippen molar-refractivity contribution >= 4 is 11.7 Å². The highest BCUT2D eigenvalue weighted by Crippen LogP contribution is 2.33. The molecule has 1 aliphatic heterocycles. The summed E-state index contributed by atoms with van der Waals surface area (Å²) >= 11 is 0. The number of benzene rings is 2.